The molecular weight excluding hydrogens is 410 g/mol. The van der Waals surface area contributed by atoms with Crippen LogP contribution in [0.1, 0.15) is 32.8 Å². The van der Waals surface area contributed by atoms with Gasteiger partial charge < -0.3 is 30.1 Å². The van der Waals surface area contributed by atoms with Gasteiger partial charge in [0, 0.05) is 63.7 Å². The van der Waals surface area contributed by atoms with Crippen LogP contribution in [0.3, 0.4) is 0 Å². The minimum Gasteiger partial charge on any atom is -0.497 e. The molecule has 2 fully saturated rings. The molecular formula is C23H35N5O4. The molecule has 1 unspecified atom stereocenters. The quantitative estimate of drug-likeness (QED) is 0.724. The largest absolute Gasteiger partial charge is 0.497 e. The number of hydrogen-bond acceptors (Lipinski definition) is 4. The lowest BCUT2D eigenvalue weighted by Gasteiger charge is -2.33. The van der Waals surface area contributed by atoms with E-state index in [0.717, 1.165) is 11.3 Å². The first-order valence-electron chi connectivity index (χ1n) is 11.2. The molecule has 2 saturated heterocycles. The molecule has 1 aromatic carbocycles. The second-order valence-corrected chi connectivity index (χ2v) is 9.04. The van der Waals surface area contributed by atoms with Crippen LogP contribution in [-0.4, -0.2) is 85.1 Å². The van der Waals surface area contributed by atoms with E-state index in [1.165, 1.54) is 0 Å². The number of carbonyl (C=O) groups excluding carboxylic acids is 3. The zero-order valence-electron chi connectivity index (χ0n) is 19.5. The van der Waals surface area contributed by atoms with E-state index in [-0.39, 0.29) is 24.0 Å². The van der Waals surface area contributed by atoms with Crippen LogP contribution >= 0.6 is 0 Å². The maximum absolute atomic E-state index is 13.0. The molecule has 2 aliphatic heterocycles. The van der Waals surface area contributed by atoms with Crippen molar-refractivity contribution in [2.24, 2.45) is 5.41 Å². The minimum absolute atomic E-state index is 0.0166. The fourth-order valence-corrected chi connectivity index (χ4v) is 4.46. The second-order valence-electron chi connectivity index (χ2n) is 9.04. The van der Waals surface area contributed by atoms with Gasteiger partial charge in [-0.05, 0) is 38.5 Å². The minimum atomic E-state index is -0.463. The van der Waals surface area contributed by atoms with E-state index < -0.39 is 5.41 Å². The summed E-state index contributed by atoms with van der Waals surface area (Å²) in [4.78, 5) is 43.7. The lowest BCUT2D eigenvalue weighted by atomic mass is 9.86. The molecule has 32 heavy (non-hydrogen) atoms. The number of ether oxygens (including phenoxy) is 1. The summed E-state index contributed by atoms with van der Waals surface area (Å²) in [7, 11) is 1.62. The number of nitrogens with one attached hydrogen (secondary N) is 2. The Morgan fingerprint density at radius 1 is 1.06 bits per heavy atom. The summed E-state index contributed by atoms with van der Waals surface area (Å²) in [6, 6.07) is 7.22. The Hall–Kier alpha value is -2.97. The number of hydrogen-bond donors (Lipinski definition) is 2. The molecule has 5 amide bonds. The Morgan fingerprint density at radius 2 is 1.69 bits per heavy atom. The summed E-state index contributed by atoms with van der Waals surface area (Å²) in [5.41, 5.74) is 0.505. The fraction of sp³-hybridized carbons (Fsp3) is 0.609. The van der Waals surface area contributed by atoms with Gasteiger partial charge in [-0.3, -0.25) is 4.79 Å². The Bertz CT molecular complexity index is 828. The third kappa shape index (κ3) is 5.63. The Labute approximate surface area is 190 Å². The van der Waals surface area contributed by atoms with E-state index in [1.54, 1.807) is 16.9 Å². The third-order valence-corrected chi connectivity index (χ3v) is 6.07. The average Bonchev–Trinajstić information content (AvgIpc) is 2.95. The average molecular weight is 446 g/mol. The van der Waals surface area contributed by atoms with Crippen molar-refractivity contribution >= 4 is 18.0 Å². The van der Waals surface area contributed by atoms with Crippen LogP contribution in [0.25, 0.3) is 0 Å². The predicted octanol–water partition coefficient (Wildman–Crippen LogP) is 1.88. The summed E-state index contributed by atoms with van der Waals surface area (Å²) in [5, 5.41) is 5.92. The fourth-order valence-electron chi connectivity index (χ4n) is 4.46. The molecule has 0 bridgehead atoms. The molecule has 0 aliphatic carbocycles. The van der Waals surface area contributed by atoms with Gasteiger partial charge in [0.2, 0.25) is 5.91 Å². The number of amides is 5. The van der Waals surface area contributed by atoms with Crippen molar-refractivity contribution in [2.75, 3.05) is 46.4 Å². The highest BCUT2D eigenvalue weighted by Crippen LogP contribution is 2.35. The normalized spacial score (nSPS) is 21.2. The summed E-state index contributed by atoms with van der Waals surface area (Å²) in [6.07, 6.45) is 0.342. The molecule has 1 spiro atoms. The second kappa shape index (κ2) is 10.1. The van der Waals surface area contributed by atoms with Gasteiger partial charge in [0.05, 0.1) is 7.11 Å². The number of benzene rings is 1. The molecule has 1 atom stereocenters. The molecule has 2 N–H and O–H groups in total. The van der Waals surface area contributed by atoms with Gasteiger partial charge in [-0.2, -0.15) is 0 Å². The highest BCUT2D eigenvalue weighted by Gasteiger charge is 2.47. The first kappa shape index (κ1) is 23.7. The van der Waals surface area contributed by atoms with Crippen LogP contribution in [-0.2, 0) is 11.3 Å². The highest BCUT2D eigenvalue weighted by atomic mass is 16.5. The third-order valence-electron chi connectivity index (χ3n) is 6.07. The molecule has 0 aromatic heterocycles. The molecule has 0 saturated carbocycles. The standard InChI is InChI=1S/C23H35N5O4/c1-5-26-14-23(12-20(26)29)15-27(10-11-28(16-23)22(31)25-17(2)3)21(30)24-13-18-6-8-19(32-4)9-7-18/h6-9,17H,5,10-16H2,1-4H3,(H,24,30)(H,25,31). The van der Waals surface area contributed by atoms with Crippen LogP contribution in [0.5, 0.6) is 5.75 Å². The van der Waals surface area contributed by atoms with E-state index in [9.17, 15) is 14.4 Å². The summed E-state index contributed by atoms with van der Waals surface area (Å²) in [5.74, 6) is 0.845. The SMILES string of the molecule is CCN1CC2(CC1=O)CN(C(=O)NCc1ccc(OC)cc1)CCN(C(=O)NC(C)C)C2. The van der Waals surface area contributed by atoms with Crippen LogP contribution < -0.4 is 15.4 Å². The maximum Gasteiger partial charge on any atom is 0.317 e. The Morgan fingerprint density at radius 3 is 2.22 bits per heavy atom. The van der Waals surface area contributed by atoms with Gasteiger partial charge >= 0.3 is 12.1 Å². The lowest BCUT2D eigenvalue weighted by Crippen LogP contribution is -2.49. The highest BCUT2D eigenvalue weighted by molar-refractivity contribution is 5.81. The number of likely N-dealkylation sites (tertiary alicyclic amines) is 1. The molecule has 1 aromatic rings. The van der Waals surface area contributed by atoms with Gasteiger partial charge in [0.1, 0.15) is 5.75 Å². The zero-order chi connectivity index (χ0) is 23.3. The van der Waals surface area contributed by atoms with E-state index in [4.69, 9.17) is 4.74 Å². The predicted molar refractivity (Wildman–Crippen MR) is 121 cm³/mol. The van der Waals surface area contributed by atoms with Crippen LogP contribution in [0.15, 0.2) is 24.3 Å². The Balaban J connectivity index is 1.72. The van der Waals surface area contributed by atoms with Crippen molar-refractivity contribution < 1.29 is 19.1 Å². The Kier molecular flexibility index (Phi) is 7.48. The summed E-state index contributed by atoms with van der Waals surface area (Å²) >= 11 is 0. The molecule has 176 valence electrons. The van der Waals surface area contributed by atoms with Crippen molar-refractivity contribution in [2.45, 2.75) is 39.8 Å². The smallest absolute Gasteiger partial charge is 0.317 e. The number of methoxy groups -OCH3 is 1. The van der Waals surface area contributed by atoms with E-state index >= 15 is 0 Å². The van der Waals surface area contributed by atoms with Gasteiger partial charge in [0.25, 0.3) is 0 Å². The van der Waals surface area contributed by atoms with E-state index in [1.807, 2.05) is 49.9 Å². The topological polar surface area (TPSA) is 94.2 Å². The van der Waals surface area contributed by atoms with Crippen LogP contribution in [0.4, 0.5) is 9.59 Å². The van der Waals surface area contributed by atoms with Gasteiger partial charge in [-0.15, -0.1) is 0 Å². The van der Waals surface area contributed by atoms with Crippen molar-refractivity contribution in [1.82, 2.24) is 25.3 Å². The molecule has 3 rings (SSSR count). The van der Waals surface area contributed by atoms with E-state index in [0.29, 0.717) is 52.2 Å². The summed E-state index contributed by atoms with van der Waals surface area (Å²) in [6.45, 7) is 9.10. The monoisotopic (exact) mass is 445 g/mol. The number of urea groups is 2. The molecule has 9 heteroatoms. The van der Waals surface area contributed by atoms with Crippen molar-refractivity contribution in [3.63, 3.8) is 0 Å². The van der Waals surface area contributed by atoms with Crippen LogP contribution in [0.2, 0.25) is 0 Å². The number of rotatable bonds is 5. The van der Waals surface area contributed by atoms with Crippen molar-refractivity contribution in [1.29, 1.82) is 0 Å². The lowest BCUT2D eigenvalue weighted by molar-refractivity contribution is -0.127. The van der Waals surface area contributed by atoms with Gasteiger partial charge in [-0.1, -0.05) is 12.1 Å². The zero-order valence-corrected chi connectivity index (χ0v) is 19.5. The first-order chi connectivity index (χ1) is 15.2. The molecule has 2 aliphatic rings. The molecule has 9 nitrogen and oxygen atoms in total. The van der Waals surface area contributed by atoms with Crippen LogP contribution in [0, 0.1) is 5.41 Å². The van der Waals surface area contributed by atoms with Gasteiger partial charge in [-0.25, -0.2) is 9.59 Å². The summed E-state index contributed by atoms with van der Waals surface area (Å²) < 4.78 is 5.17. The van der Waals surface area contributed by atoms with Gasteiger partial charge in [0.15, 0.2) is 0 Å². The number of carbonyl (C=O) groups is 3. The number of nitrogens with zero attached hydrogens (tertiary/aromatic N) is 3. The first-order valence-corrected chi connectivity index (χ1v) is 11.2. The molecule has 2 heterocycles. The van der Waals surface area contributed by atoms with E-state index in [2.05, 4.69) is 10.6 Å². The van der Waals surface area contributed by atoms with Crippen molar-refractivity contribution in [3.8, 4) is 5.75 Å². The van der Waals surface area contributed by atoms with Crippen molar-refractivity contribution in [3.05, 3.63) is 29.8 Å². The maximum atomic E-state index is 13.0. The molecule has 0 radical (unpaired) electrons.